The van der Waals surface area contributed by atoms with E-state index in [9.17, 15) is 4.79 Å². The number of amides is 1. The van der Waals surface area contributed by atoms with Crippen LogP contribution < -0.4 is 5.32 Å². The molecule has 106 valence electrons. The summed E-state index contributed by atoms with van der Waals surface area (Å²) in [5.74, 6) is 0.230. The lowest BCUT2D eigenvalue weighted by Gasteiger charge is -2.06. The molecule has 0 bridgehead atoms. The Balaban J connectivity index is 1.92. The van der Waals surface area contributed by atoms with Gasteiger partial charge in [-0.05, 0) is 17.3 Å². The molecule has 0 spiro atoms. The molecule has 0 radical (unpaired) electrons. The van der Waals surface area contributed by atoms with E-state index in [2.05, 4.69) is 25.9 Å². The number of nitrogens with one attached hydrogen (secondary N) is 2. The highest BCUT2D eigenvalue weighted by atomic mass is 16.5. The van der Waals surface area contributed by atoms with E-state index >= 15 is 0 Å². The molecule has 20 heavy (non-hydrogen) atoms. The number of benzene rings is 1. The van der Waals surface area contributed by atoms with Crippen molar-refractivity contribution in [2.75, 3.05) is 26.4 Å². The number of aliphatic hydroxyl groups excluding tert-OH is 1. The normalized spacial score (nSPS) is 10.4. The molecule has 0 saturated carbocycles. The molecule has 0 fully saturated rings. The van der Waals surface area contributed by atoms with Crippen molar-refractivity contribution in [3.63, 3.8) is 0 Å². The van der Waals surface area contributed by atoms with Gasteiger partial charge in [-0.25, -0.2) is 0 Å². The van der Waals surface area contributed by atoms with Gasteiger partial charge in [0.05, 0.1) is 19.8 Å². The minimum absolute atomic E-state index is 0.0271. The van der Waals surface area contributed by atoms with Gasteiger partial charge in [0.15, 0.2) is 0 Å². The van der Waals surface area contributed by atoms with Crippen molar-refractivity contribution in [3.05, 3.63) is 29.8 Å². The van der Waals surface area contributed by atoms with Crippen LogP contribution in [0.2, 0.25) is 0 Å². The molecule has 0 aliphatic carbocycles. The topological polar surface area (TPSA) is 113 Å². The number of aromatic nitrogens is 4. The van der Waals surface area contributed by atoms with Crippen LogP contribution in [0.3, 0.4) is 0 Å². The van der Waals surface area contributed by atoms with Gasteiger partial charge in [-0.3, -0.25) is 4.79 Å². The van der Waals surface area contributed by atoms with Gasteiger partial charge in [-0.15, -0.1) is 10.2 Å². The van der Waals surface area contributed by atoms with Crippen molar-refractivity contribution in [3.8, 4) is 11.4 Å². The largest absolute Gasteiger partial charge is 0.394 e. The van der Waals surface area contributed by atoms with Crippen molar-refractivity contribution < 1.29 is 14.6 Å². The number of H-pyrrole nitrogens is 1. The highest BCUT2D eigenvalue weighted by Gasteiger charge is 2.08. The molecule has 1 aromatic carbocycles. The predicted molar refractivity (Wildman–Crippen MR) is 69.9 cm³/mol. The van der Waals surface area contributed by atoms with Crippen molar-refractivity contribution in [1.29, 1.82) is 0 Å². The molecule has 2 rings (SSSR count). The van der Waals surface area contributed by atoms with Crippen LogP contribution in [-0.2, 0) is 4.74 Å². The molecule has 1 amide bonds. The fourth-order valence-electron chi connectivity index (χ4n) is 1.59. The first-order chi connectivity index (χ1) is 9.81. The third kappa shape index (κ3) is 3.84. The molecule has 8 nitrogen and oxygen atoms in total. The van der Waals surface area contributed by atoms with Crippen LogP contribution in [0.5, 0.6) is 0 Å². The first kappa shape index (κ1) is 14.1. The monoisotopic (exact) mass is 277 g/mol. The molecule has 2 aromatic rings. The van der Waals surface area contributed by atoms with E-state index in [-0.39, 0.29) is 19.1 Å². The van der Waals surface area contributed by atoms with E-state index in [1.54, 1.807) is 24.3 Å². The fourth-order valence-corrected chi connectivity index (χ4v) is 1.59. The van der Waals surface area contributed by atoms with Gasteiger partial charge >= 0.3 is 0 Å². The molecule has 0 aliphatic rings. The van der Waals surface area contributed by atoms with Gasteiger partial charge in [-0.1, -0.05) is 12.1 Å². The number of hydrogen-bond acceptors (Lipinski definition) is 6. The first-order valence-corrected chi connectivity index (χ1v) is 6.12. The second-order valence-electron chi connectivity index (χ2n) is 3.91. The summed E-state index contributed by atoms with van der Waals surface area (Å²) in [6.45, 7) is 0.978. The molecule has 0 atom stereocenters. The number of aliphatic hydroxyl groups is 1. The lowest BCUT2D eigenvalue weighted by molar-refractivity contribution is 0.0838. The van der Waals surface area contributed by atoms with E-state index < -0.39 is 0 Å². The molecule has 1 heterocycles. The number of rotatable bonds is 7. The predicted octanol–water partition coefficient (Wildman–Crippen LogP) is -0.395. The summed E-state index contributed by atoms with van der Waals surface area (Å²) in [4.78, 5) is 11.9. The average Bonchev–Trinajstić information content (AvgIpc) is 3.01. The summed E-state index contributed by atoms with van der Waals surface area (Å²) in [6.07, 6.45) is 0. The standard InChI is InChI=1S/C12H15N5O3/c18-5-7-20-6-4-13-12(19)10-3-1-2-9(8-10)11-14-16-17-15-11/h1-3,8,18H,4-7H2,(H,13,19)(H,14,15,16,17). The second-order valence-corrected chi connectivity index (χ2v) is 3.91. The van der Waals surface area contributed by atoms with Gasteiger partial charge in [-0.2, -0.15) is 5.21 Å². The van der Waals surface area contributed by atoms with Gasteiger partial charge in [0, 0.05) is 17.7 Å². The number of carbonyl (C=O) groups excluding carboxylic acids is 1. The van der Waals surface area contributed by atoms with Crippen LogP contribution >= 0.6 is 0 Å². The number of ether oxygens (including phenoxy) is 1. The SMILES string of the molecule is O=C(NCCOCCO)c1cccc(-c2nn[nH]n2)c1. The van der Waals surface area contributed by atoms with Crippen molar-refractivity contribution in [2.24, 2.45) is 0 Å². The van der Waals surface area contributed by atoms with E-state index in [1.165, 1.54) is 0 Å². The maximum absolute atomic E-state index is 11.9. The highest BCUT2D eigenvalue weighted by Crippen LogP contribution is 2.14. The number of nitrogens with zero attached hydrogens (tertiary/aromatic N) is 3. The quantitative estimate of drug-likeness (QED) is 0.594. The highest BCUT2D eigenvalue weighted by molar-refractivity contribution is 5.95. The summed E-state index contributed by atoms with van der Waals surface area (Å²) in [5.41, 5.74) is 1.22. The molecule has 0 unspecified atom stereocenters. The third-order valence-electron chi connectivity index (χ3n) is 2.50. The van der Waals surface area contributed by atoms with Crippen molar-refractivity contribution in [2.45, 2.75) is 0 Å². The minimum atomic E-state index is -0.206. The van der Waals surface area contributed by atoms with Crippen molar-refractivity contribution >= 4 is 5.91 Å². The Morgan fingerprint density at radius 1 is 1.40 bits per heavy atom. The fraction of sp³-hybridized carbons (Fsp3) is 0.333. The van der Waals surface area contributed by atoms with E-state index in [1.807, 2.05) is 0 Å². The average molecular weight is 277 g/mol. The first-order valence-electron chi connectivity index (χ1n) is 6.12. The molecule has 0 aliphatic heterocycles. The zero-order chi connectivity index (χ0) is 14.2. The number of tetrazole rings is 1. The van der Waals surface area contributed by atoms with Gasteiger partial charge < -0.3 is 15.2 Å². The summed E-state index contributed by atoms with van der Waals surface area (Å²) in [6, 6.07) is 6.94. The lowest BCUT2D eigenvalue weighted by Crippen LogP contribution is -2.27. The molecular weight excluding hydrogens is 262 g/mol. The summed E-state index contributed by atoms with van der Waals surface area (Å²) in [5, 5.41) is 24.8. The third-order valence-corrected chi connectivity index (χ3v) is 2.50. The number of aromatic amines is 1. The van der Waals surface area contributed by atoms with Gasteiger partial charge in [0.2, 0.25) is 5.82 Å². The van der Waals surface area contributed by atoms with Crippen LogP contribution in [-0.4, -0.2) is 58.0 Å². The van der Waals surface area contributed by atoms with Crippen LogP contribution in [0, 0.1) is 0 Å². The Morgan fingerprint density at radius 3 is 3.05 bits per heavy atom. The van der Waals surface area contributed by atoms with Crippen molar-refractivity contribution in [1.82, 2.24) is 25.9 Å². The summed E-state index contributed by atoms with van der Waals surface area (Å²) in [7, 11) is 0. The van der Waals surface area contributed by atoms with Crippen LogP contribution in [0.4, 0.5) is 0 Å². The Kier molecular flexibility index (Phi) is 5.15. The Morgan fingerprint density at radius 2 is 2.30 bits per heavy atom. The Bertz CT molecular complexity index is 544. The molecule has 3 N–H and O–H groups in total. The van der Waals surface area contributed by atoms with Gasteiger partial charge in [0.25, 0.3) is 5.91 Å². The maximum Gasteiger partial charge on any atom is 0.251 e. The van der Waals surface area contributed by atoms with E-state index in [4.69, 9.17) is 9.84 Å². The summed E-state index contributed by atoms with van der Waals surface area (Å²) < 4.78 is 5.05. The van der Waals surface area contributed by atoms with Gasteiger partial charge in [0.1, 0.15) is 0 Å². The summed E-state index contributed by atoms with van der Waals surface area (Å²) >= 11 is 0. The Hall–Kier alpha value is -2.32. The van der Waals surface area contributed by atoms with Crippen LogP contribution in [0.25, 0.3) is 11.4 Å². The van der Waals surface area contributed by atoms with E-state index in [0.717, 1.165) is 0 Å². The molecule has 8 heteroatoms. The Labute approximate surface area is 115 Å². The number of hydrogen-bond donors (Lipinski definition) is 3. The number of carbonyl (C=O) groups is 1. The molecule has 0 saturated heterocycles. The lowest BCUT2D eigenvalue weighted by atomic mass is 10.1. The second kappa shape index (κ2) is 7.31. The van der Waals surface area contributed by atoms with Crippen LogP contribution in [0.1, 0.15) is 10.4 Å². The molecular formula is C12H15N5O3. The zero-order valence-electron chi connectivity index (χ0n) is 10.7. The van der Waals surface area contributed by atoms with E-state index in [0.29, 0.717) is 30.1 Å². The molecule has 1 aromatic heterocycles. The smallest absolute Gasteiger partial charge is 0.251 e. The zero-order valence-corrected chi connectivity index (χ0v) is 10.7. The minimum Gasteiger partial charge on any atom is -0.394 e. The van der Waals surface area contributed by atoms with Crippen LogP contribution in [0.15, 0.2) is 24.3 Å². The maximum atomic E-state index is 11.9.